The summed E-state index contributed by atoms with van der Waals surface area (Å²) in [4.78, 5) is 24.9. The molecule has 1 N–H and O–H groups in total. The average Bonchev–Trinajstić information content (AvgIpc) is 2.52. The zero-order chi connectivity index (χ0) is 15.2. The van der Waals surface area contributed by atoms with Crippen molar-refractivity contribution >= 4 is 29.7 Å². The maximum atomic E-state index is 12.4. The highest BCUT2D eigenvalue weighted by atomic mass is 32.2. The number of hydrogen-bond acceptors (Lipinski definition) is 4. The molecule has 0 aliphatic carbocycles. The zero-order valence-electron chi connectivity index (χ0n) is 11.7. The lowest BCUT2D eigenvalue weighted by molar-refractivity contribution is -0.131. The van der Waals surface area contributed by atoms with Crippen molar-refractivity contribution in [1.29, 1.82) is 0 Å². The summed E-state index contributed by atoms with van der Waals surface area (Å²) in [5.74, 6) is 1.38. The number of carbonyl (C=O) groups excluding carboxylic acids is 1. The van der Waals surface area contributed by atoms with Crippen molar-refractivity contribution in [3.63, 3.8) is 0 Å². The van der Waals surface area contributed by atoms with Crippen molar-refractivity contribution < 1.29 is 19.4 Å². The molecule has 5 nitrogen and oxygen atoms in total. The molecule has 6 heteroatoms. The van der Waals surface area contributed by atoms with E-state index in [9.17, 15) is 9.59 Å². The van der Waals surface area contributed by atoms with E-state index in [1.54, 1.807) is 18.2 Å². The van der Waals surface area contributed by atoms with Gasteiger partial charge in [-0.25, -0.2) is 4.79 Å². The quantitative estimate of drug-likeness (QED) is 0.862. The molecule has 1 aromatic carbocycles. The number of thioether (sulfide) groups is 1. The summed E-state index contributed by atoms with van der Waals surface area (Å²) < 4.78 is 5.19. The predicted octanol–water partition coefficient (Wildman–Crippen LogP) is 1.98. The van der Waals surface area contributed by atoms with Gasteiger partial charge < -0.3 is 14.7 Å². The first-order chi connectivity index (χ1) is 10.1. The van der Waals surface area contributed by atoms with Crippen LogP contribution >= 0.6 is 11.8 Å². The molecular formula is C15H17NO4S. The largest absolute Gasteiger partial charge is 0.496 e. The van der Waals surface area contributed by atoms with Crippen molar-refractivity contribution in [3.05, 3.63) is 35.4 Å². The van der Waals surface area contributed by atoms with E-state index < -0.39 is 5.97 Å². The van der Waals surface area contributed by atoms with Crippen molar-refractivity contribution in [3.8, 4) is 5.75 Å². The van der Waals surface area contributed by atoms with E-state index in [1.165, 1.54) is 13.2 Å². The van der Waals surface area contributed by atoms with Crippen molar-refractivity contribution in [2.45, 2.75) is 0 Å². The Morgan fingerprint density at radius 1 is 1.33 bits per heavy atom. The number of aliphatic carboxylic acids is 1. The molecule has 0 spiro atoms. The van der Waals surface area contributed by atoms with Gasteiger partial charge >= 0.3 is 5.97 Å². The Morgan fingerprint density at radius 2 is 2.05 bits per heavy atom. The summed E-state index contributed by atoms with van der Waals surface area (Å²) in [6.45, 7) is 1.49. The smallest absolute Gasteiger partial charge is 0.328 e. The van der Waals surface area contributed by atoms with Crippen LogP contribution < -0.4 is 4.74 Å². The van der Waals surface area contributed by atoms with Crippen LogP contribution in [0.2, 0.25) is 0 Å². The minimum Gasteiger partial charge on any atom is -0.496 e. The number of carboxylic acids is 1. The van der Waals surface area contributed by atoms with E-state index in [2.05, 4.69) is 0 Å². The Labute approximate surface area is 127 Å². The molecule has 1 aliphatic heterocycles. The molecule has 1 heterocycles. The van der Waals surface area contributed by atoms with Gasteiger partial charge in [-0.2, -0.15) is 11.8 Å². The van der Waals surface area contributed by atoms with Crippen LogP contribution in [0.1, 0.15) is 15.9 Å². The predicted molar refractivity (Wildman–Crippen MR) is 82.9 cm³/mol. The standard InChI is InChI=1S/C15H17NO4S/c1-20-13-4-2-12(10-11(13)3-5-14(17)18)15(19)16-6-8-21-9-7-16/h2-5,10H,6-9H2,1H3,(H,17,18). The number of nitrogens with zero attached hydrogens (tertiary/aromatic N) is 1. The van der Waals surface area contributed by atoms with Gasteiger partial charge in [-0.3, -0.25) is 4.79 Å². The van der Waals surface area contributed by atoms with Gasteiger partial charge in [0.05, 0.1) is 7.11 Å². The zero-order valence-corrected chi connectivity index (χ0v) is 12.6. The monoisotopic (exact) mass is 307 g/mol. The maximum Gasteiger partial charge on any atom is 0.328 e. The van der Waals surface area contributed by atoms with Crippen LogP contribution in [0.4, 0.5) is 0 Å². The van der Waals surface area contributed by atoms with Crippen LogP contribution in [0.25, 0.3) is 6.08 Å². The number of benzene rings is 1. The number of carboxylic acid groups (broad SMARTS) is 1. The lowest BCUT2D eigenvalue weighted by Gasteiger charge is -2.26. The summed E-state index contributed by atoms with van der Waals surface area (Å²) in [6.07, 6.45) is 2.47. The fourth-order valence-corrected chi connectivity index (χ4v) is 3.01. The molecule has 0 unspecified atom stereocenters. The third kappa shape index (κ3) is 4.01. The maximum absolute atomic E-state index is 12.4. The van der Waals surface area contributed by atoms with E-state index in [-0.39, 0.29) is 5.91 Å². The Hall–Kier alpha value is -1.95. The van der Waals surface area contributed by atoms with E-state index in [0.717, 1.165) is 30.7 Å². The number of amides is 1. The van der Waals surface area contributed by atoms with E-state index in [0.29, 0.717) is 16.9 Å². The van der Waals surface area contributed by atoms with Gasteiger partial charge in [-0.05, 0) is 24.3 Å². The van der Waals surface area contributed by atoms with Crippen LogP contribution in [0, 0.1) is 0 Å². The summed E-state index contributed by atoms with van der Waals surface area (Å²) >= 11 is 1.84. The molecule has 0 aromatic heterocycles. The molecule has 0 radical (unpaired) electrons. The Morgan fingerprint density at radius 3 is 2.67 bits per heavy atom. The molecule has 1 saturated heterocycles. The number of ether oxygens (including phenoxy) is 1. The average molecular weight is 307 g/mol. The summed E-state index contributed by atoms with van der Waals surface area (Å²) in [7, 11) is 1.51. The number of methoxy groups -OCH3 is 1. The molecule has 0 bridgehead atoms. The van der Waals surface area contributed by atoms with Crippen LogP contribution in [0.15, 0.2) is 24.3 Å². The molecule has 0 saturated carbocycles. The third-order valence-electron chi connectivity index (χ3n) is 3.18. The highest BCUT2D eigenvalue weighted by Gasteiger charge is 2.19. The first-order valence-corrected chi connectivity index (χ1v) is 7.73. The molecule has 2 rings (SSSR count). The molecule has 0 atom stereocenters. The number of carbonyl (C=O) groups is 2. The van der Waals surface area contributed by atoms with Gasteiger partial charge in [0.25, 0.3) is 5.91 Å². The minimum atomic E-state index is -1.04. The van der Waals surface area contributed by atoms with Crippen LogP contribution in [-0.2, 0) is 4.79 Å². The molecule has 21 heavy (non-hydrogen) atoms. The molecule has 1 aromatic rings. The fourth-order valence-electron chi connectivity index (χ4n) is 2.11. The molecule has 1 aliphatic rings. The van der Waals surface area contributed by atoms with Gasteiger partial charge in [-0.1, -0.05) is 0 Å². The minimum absolute atomic E-state index is 0.0251. The van der Waals surface area contributed by atoms with Gasteiger partial charge in [0, 0.05) is 41.8 Å². The van der Waals surface area contributed by atoms with E-state index in [1.807, 2.05) is 16.7 Å². The molecule has 112 valence electrons. The van der Waals surface area contributed by atoms with Crippen LogP contribution in [0.3, 0.4) is 0 Å². The van der Waals surface area contributed by atoms with Crippen molar-refractivity contribution in [1.82, 2.24) is 4.90 Å². The summed E-state index contributed by atoms with van der Waals surface area (Å²) in [5.41, 5.74) is 1.13. The lowest BCUT2D eigenvalue weighted by Crippen LogP contribution is -2.37. The lowest BCUT2D eigenvalue weighted by atomic mass is 10.1. The fraction of sp³-hybridized carbons (Fsp3) is 0.333. The van der Waals surface area contributed by atoms with E-state index >= 15 is 0 Å². The second-order valence-electron chi connectivity index (χ2n) is 4.53. The second kappa shape index (κ2) is 7.17. The van der Waals surface area contributed by atoms with Crippen LogP contribution in [-0.4, -0.2) is 53.6 Å². The van der Waals surface area contributed by atoms with E-state index in [4.69, 9.17) is 9.84 Å². The SMILES string of the molecule is COc1ccc(C(=O)N2CCSCC2)cc1C=CC(=O)O. The Bertz CT molecular complexity index is 565. The van der Waals surface area contributed by atoms with Crippen molar-refractivity contribution in [2.24, 2.45) is 0 Å². The molecule has 1 fully saturated rings. The van der Waals surface area contributed by atoms with Gasteiger partial charge in [-0.15, -0.1) is 0 Å². The first kappa shape index (κ1) is 15.4. The van der Waals surface area contributed by atoms with Crippen LogP contribution in [0.5, 0.6) is 5.75 Å². The number of rotatable bonds is 4. The highest BCUT2D eigenvalue weighted by Crippen LogP contribution is 2.23. The van der Waals surface area contributed by atoms with Gasteiger partial charge in [0.1, 0.15) is 5.75 Å². The topological polar surface area (TPSA) is 66.8 Å². The highest BCUT2D eigenvalue weighted by molar-refractivity contribution is 7.99. The Kier molecular flexibility index (Phi) is 5.27. The first-order valence-electron chi connectivity index (χ1n) is 6.58. The van der Waals surface area contributed by atoms with Crippen molar-refractivity contribution in [2.75, 3.05) is 31.7 Å². The van der Waals surface area contributed by atoms with Gasteiger partial charge in [0.2, 0.25) is 0 Å². The second-order valence-corrected chi connectivity index (χ2v) is 5.76. The molecule has 1 amide bonds. The summed E-state index contributed by atoms with van der Waals surface area (Å²) in [5, 5.41) is 8.72. The Balaban J connectivity index is 2.25. The normalized spacial score (nSPS) is 15.2. The summed E-state index contributed by atoms with van der Waals surface area (Å²) in [6, 6.07) is 5.07. The third-order valence-corrected chi connectivity index (χ3v) is 4.12. The molecular weight excluding hydrogens is 290 g/mol. The number of hydrogen-bond donors (Lipinski definition) is 1. The van der Waals surface area contributed by atoms with Gasteiger partial charge in [0.15, 0.2) is 0 Å².